The molecule has 0 spiro atoms. The fraction of sp³-hybridized carbons (Fsp3) is 0.105. The maximum absolute atomic E-state index is 12.6. The number of aromatic nitrogens is 2. The van der Waals surface area contributed by atoms with Gasteiger partial charge >= 0.3 is 11.9 Å². The Bertz CT molecular complexity index is 1110. The van der Waals surface area contributed by atoms with Crippen molar-refractivity contribution in [1.29, 1.82) is 0 Å². The molecule has 0 saturated carbocycles. The number of rotatable bonds is 5. The molecule has 148 valence electrons. The van der Waals surface area contributed by atoms with Gasteiger partial charge in [0.2, 0.25) is 0 Å². The highest BCUT2D eigenvalue weighted by Gasteiger charge is 2.32. The quantitative estimate of drug-likeness (QED) is 0.354. The molecule has 0 amide bonds. The maximum atomic E-state index is 12.6. The van der Waals surface area contributed by atoms with Gasteiger partial charge in [0, 0.05) is 17.7 Å². The lowest BCUT2D eigenvalue weighted by Crippen LogP contribution is -2.15. The number of nitrogens with zero attached hydrogens (tertiary/aromatic N) is 3. The lowest BCUT2D eigenvalue weighted by molar-refractivity contribution is -0.384. The van der Waals surface area contributed by atoms with Crippen molar-refractivity contribution >= 4 is 29.2 Å². The van der Waals surface area contributed by atoms with Gasteiger partial charge in [-0.15, -0.1) is 0 Å². The summed E-state index contributed by atoms with van der Waals surface area (Å²) in [6.45, 7) is 0. The normalized spacial score (nSPS) is 10.4. The van der Waals surface area contributed by atoms with Gasteiger partial charge in [-0.05, 0) is 18.2 Å². The molecular formula is C19H14ClN3O6. The zero-order valence-electron chi connectivity index (χ0n) is 15.3. The molecule has 0 fully saturated rings. The number of nitro groups is 1. The van der Waals surface area contributed by atoms with Crippen LogP contribution in [-0.2, 0) is 9.47 Å². The van der Waals surface area contributed by atoms with Gasteiger partial charge in [-0.3, -0.25) is 10.1 Å². The minimum atomic E-state index is -0.870. The van der Waals surface area contributed by atoms with E-state index in [0.717, 1.165) is 14.2 Å². The number of non-ortho nitro benzene ring substituents is 1. The summed E-state index contributed by atoms with van der Waals surface area (Å²) >= 11 is 6.24. The Morgan fingerprint density at radius 2 is 1.72 bits per heavy atom. The molecule has 3 aromatic rings. The highest BCUT2D eigenvalue weighted by Crippen LogP contribution is 2.35. The van der Waals surface area contributed by atoms with Crippen molar-refractivity contribution < 1.29 is 24.0 Å². The van der Waals surface area contributed by atoms with Crippen LogP contribution in [0.2, 0.25) is 5.02 Å². The summed E-state index contributed by atoms with van der Waals surface area (Å²) in [7, 11) is 2.30. The number of carbonyl (C=O) groups excluding carboxylic acids is 2. The summed E-state index contributed by atoms with van der Waals surface area (Å²) in [6, 6.07) is 12.2. The van der Waals surface area contributed by atoms with Gasteiger partial charge in [-0.2, -0.15) is 5.10 Å². The average Bonchev–Trinajstić information content (AvgIpc) is 3.13. The van der Waals surface area contributed by atoms with Crippen LogP contribution in [0.25, 0.3) is 16.9 Å². The zero-order chi connectivity index (χ0) is 21.1. The van der Waals surface area contributed by atoms with Crippen molar-refractivity contribution in [3.05, 3.63) is 74.9 Å². The maximum Gasteiger partial charge on any atom is 0.357 e. The van der Waals surface area contributed by atoms with Crippen molar-refractivity contribution in [2.45, 2.75) is 0 Å². The number of benzene rings is 2. The Kier molecular flexibility index (Phi) is 5.60. The van der Waals surface area contributed by atoms with Crippen LogP contribution in [0, 0.1) is 10.1 Å². The molecule has 0 unspecified atom stereocenters. The molecule has 0 atom stereocenters. The number of para-hydroxylation sites is 1. The van der Waals surface area contributed by atoms with Crippen LogP contribution in [0.4, 0.5) is 5.69 Å². The molecule has 9 nitrogen and oxygen atoms in total. The fourth-order valence-electron chi connectivity index (χ4n) is 2.75. The van der Waals surface area contributed by atoms with Crippen LogP contribution in [0.3, 0.4) is 0 Å². The van der Waals surface area contributed by atoms with E-state index < -0.39 is 16.9 Å². The van der Waals surface area contributed by atoms with E-state index in [1.807, 2.05) is 0 Å². The predicted molar refractivity (Wildman–Crippen MR) is 103 cm³/mol. The SMILES string of the molecule is COC(=O)c1c(-c2cc([N+](=O)[O-])ccc2Cl)nn(-c2ccccc2)c1C(=O)OC. The van der Waals surface area contributed by atoms with Crippen LogP contribution in [0.1, 0.15) is 20.8 Å². The predicted octanol–water partition coefficient (Wildman–Crippen LogP) is 3.67. The van der Waals surface area contributed by atoms with Gasteiger partial charge in [-0.1, -0.05) is 29.8 Å². The number of ether oxygens (including phenoxy) is 2. The highest BCUT2D eigenvalue weighted by atomic mass is 35.5. The average molecular weight is 416 g/mol. The van der Waals surface area contributed by atoms with Gasteiger partial charge < -0.3 is 9.47 Å². The molecule has 0 radical (unpaired) electrons. The molecule has 0 aliphatic rings. The van der Waals surface area contributed by atoms with E-state index in [9.17, 15) is 19.7 Å². The zero-order valence-corrected chi connectivity index (χ0v) is 16.0. The molecule has 0 saturated heterocycles. The summed E-state index contributed by atoms with van der Waals surface area (Å²) in [5, 5.41) is 15.7. The Morgan fingerprint density at radius 1 is 1.07 bits per heavy atom. The molecule has 0 aliphatic carbocycles. The van der Waals surface area contributed by atoms with Crippen LogP contribution in [0.5, 0.6) is 0 Å². The van der Waals surface area contributed by atoms with Gasteiger partial charge in [0.25, 0.3) is 5.69 Å². The second-order valence-electron chi connectivity index (χ2n) is 5.72. The standard InChI is InChI=1S/C19H14ClN3O6/c1-28-18(24)15-16(13-10-12(23(26)27)8-9-14(13)20)21-22(17(15)19(25)29-2)11-6-4-3-5-7-11/h3-10H,1-2H3. The summed E-state index contributed by atoms with van der Waals surface area (Å²) in [6.07, 6.45) is 0. The lowest BCUT2D eigenvalue weighted by atomic mass is 10.0. The topological polar surface area (TPSA) is 114 Å². The van der Waals surface area contributed by atoms with E-state index in [4.69, 9.17) is 21.1 Å². The molecule has 1 aromatic heterocycles. The smallest absolute Gasteiger partial charge is 0.357 e. The van der Waals surface area contributed by atoms with E-state index in [1.54, 1.807) is 30.3 Å². The molecule has 29 heavy (non-hydrogen) atoms. The van der Waals surface area contributed by atoms with Gasteiger partial charge in [0.15, 0.2) is 5.69 Å². The molecule has 2 aromatic carbocycles. The number of hydrogen-bond donors (Lipinski definition) is 0. The first-order valence-corrected chi connectivity index (χ1v) is 8.56. The van der Waals surface area contributed by atoms with Crippen LogP contribution >= 0.6 is 11.6 Å². The Morgan fingerprint density at radius 3 is 2.31 bits per heavy atom. The number of esters is 2. The summed E-state index contributed by atoms with van der Waals surface area (Å²) in [4.78, 5) is 35.7. The third-order valence-electron chi connectivity index (χ3n) is 4.07. The van der Waals surface area contributed by atoms with E-state index in [2.05, 4.69) is 5.10 Å². The van der Waals surface area contributed by atoms with Crippen molar-refractivity contribution in [1.82, 2.24) is 9.78 Å². The minimum Gasteiger partial charge on any atom is -0.465 e. The van der Waals surface area contributed by atoms with Crippen LogP contribution in [-0.4, -0.2) is 40.9 Å². The van der Waals surface area contributed by atoms with Gasteiger partial charge in [-0.25, -0.2) is 14.3 Å². The molecule has 10 heteroatoms. The number of methoxy groups -OCH3 is 2. The Balaban J connectivity index is 2.40. The first kappa shape index (κ1) is 20.0. The van der Waals surface area contributed by atoms with Crippen LogP contribution < -0.4 is 0 Å². The van der Waals surface area contributed by atoms with E-state index in [1.165, 1.54) is 22.9 Å². The van der Waals surface area contributed by atoms with Crippen LogP contribution in [0.15, 0.2) is 48.5 Å². The number of hydrogen-bond acceptors (Lipinski definition) is 7. The number of carbonyl (C=O) groups is 2. The van der Waals surface area contributed by atoms with Crippen molar-refractivity contribution in [2.24, 2.45) is 0 Å². The van der Waals surface area contributed by atoms with E-state index in [0.29, 0.717) is 5.69 Å². The summed E-state index contributed by atoms with van der Waals surface area (Å²) in [5.41, 5.74) is -0.149. The lowest BCUT2D eigenvalue weighted by Gasteiger charge is -2.07. The summed E-state index contributed by atoms with van der Waals surface area (Å²) < 4.78 is 10.9. The first-order chi connectivity index (χ1) is 13.9. The highest BCUT2D eigenvalue weighted by molar-refractivity contribution is 6.33. The van der Waals surface area contributed by atoms with E-state index in [-0.39, 0.29) is 33.2 Å². The molecule has 0 aliphatic heterocycles. The number of nitro benzene ring substituents is 1. The largest absolute Gasteiger partial charge is 0.465 e. The monoisotopic (exact) mass is 415 g/mol. The number of halogens is 1. The third kappa shape index (κ3) is 3.67. The molecule has 3 rings (SSSR count). The van der Waals surface area contributed by atoms with Crippen molar-refractivity contribution in [3.63, 3.8) is 0 Å². The van der Waals surface area contributed by atoms with Crippen molar-refractivity contribution in [3.8, 4) is 16.9 Å². The molecule has 0 N–H and O–H groups in total. The Labute approximate surface area is 169 Å². The molecule has 1 heterocycles. The second kappa shape index (κ2) is 8.11. The Hall–Kier alpha value is -3.72. The molecular weight excluding hydrogens is 402 g/mol. The molecule has 0 bridgehead atoms. The summed E-state index contributed by atoms with van der Waals surface area (Å²) in [5.74, 6) is -1.71. The third-order valence-corrected chi connectivity index (χ3v) is 4.40. The second-order valence-corrected chi connectivity index (χ2v) is 6.13. The minimum absolute atomic E-state index is 0.0465. The van der Waals surface area contributed by atoms with Crippen molar-refractivity contribution in [2.75, 3.05) is 14.2 Å². The first-order valence-electron chi connectivity index (χ1n) is 8.18. The van der Waals surface area contributed by atoms with Gasteiger partial charge in [0.1, 0.15) is 11.3 Å². The van der Waals surface area contributed by atoms with E-state index >= 15 is 0 Å². The fourth-order valence-corrected chi connectivity index (χ4v) is 2.96. The van der Waals surface area contributed by atoms with Gasteiger partial charge in [0.05, 0.1) is 29.9 Å².